The van der Waals surface area contributed by atoms with Crippen molar-refractivity contribution in [2.75, 3.05) is 36.8 Å². The number of thiophene rings is 1. The molecule has 2 aromatic heterocycles. The van der Waals surface area contributed by atoms with Gasteiger partial charge in [0.15, 0.2) is 0 Å². The van der Waals surface area contributed by atoms with Crippen molar-refractivity contribution in [1.29, 1.82) is 0 Å². The first-order chi connectivity index (χ1) is 14.8. The van der Waals surface area contributed by atoms with Crippen molar-refractivity contribution in [3.05, 3.63) is 47.1 Å². The van der Waals surface area contributed by atoms with E-state index >= 15 is 0 Å². The van der Waals surface area contributed by atoms with Gasteiger partial charge in [0.25, 0.3) is 0 Å². The molecule has 5 nitrogen and oxygen atoms in total. The molecule has 0 saturated carbocycles. The van der Waals surface area contributed by atoms with Crippen LogP contribution < -0.4 is 10.6 Å². The SMILES string of the molecule is Nc1ccccc1CN1CCC2(CCN(c3ncnc4sc(CC(F)(F)F)cc34)C2)C1. The topological polar surface area (TPSA) is 58.3 Å². The van der Waals surface area contributed by atoms with Crippen molar-refractivity contribution in [2.45, 2.75) is 32.0 Å². The van der Waals surface area contributed by atoms with E-state index in [9.17, 15) is 13.2 Å². The van der Waals surface area contributed by atoms with Crippen molar-refractivity contribution >= 4 is 33.1 Å². The summed E-state index contributed by atoms with van der Waals surface area (Å²) < 4.78 is 38.5. The Morgan fingerprint density at radius 1 is 1.10 bits per heavy atom. The van der Waals surface area contributed by atoms with Gasteiger partial charge >= 0.3 is 6.18 Å². The molecule has 1 aromatic carbocycles. The third kappa shape index (κ3) is 4.21. The Morgan fingerprint density at radius 2 is 1.90 bits per heavy atom. The molecule has 0 amide bonds. The van der Waals surface area contributed by atoms with Crippen LogP contribution in [0.2, 0.25) is 0 Å². The largest absolute Gasteiger partial charge is 0.398 e. The number of hydrogen-bond acceptors (Lipinski definition) is 6. The number of benzene rings is 1. The summed E-state index contributed by atoms with van der Waals surface area (Å²) in [6.45, 7) is 4.59. The number of nitrogen functional groups attached to an aromatic ring is 1. The first-order valence-corrected chi connectivity index (χ1v) is 11.2. The second-order valence-electron chi connectivity index (χ2n) is 8.75. The molecule has 5 rings (SSSR count). The van der Waals surface area contributed by atoms with Gasteiger partial charge in [-0.2, -0.15) is 13.2 Å². The smallest absolute Gasteiger partial charge is 0.393 e. The zero-order valence-corrected chi connectivity index (χ0v) is 17.8. The van der Waals surface area contributed by atoms with Gasteiger partial charge in [-0.1, -0.05) is 18.2 Å². The Bertz CT molecular complexity index is 1100. The predicted octanol–water partition coefficient (Wildman–Crippen LogP) is 4.48. The molecule has 1 spiro atoms. The number of rotatable bonds is 4. The molecule has 0 aliphatic carbocycles. The summed E-state index contributed by atoms with van der Waals surface area (Å²) in [6.07, 6.45) is -1.52. The van der Waals surface area contributed by atoms with Crippen LogP contribution in [-0.4, -0.2) is 47.2 Å². The number of halogens is 3. The molecular formula is C22H24F3N5S. The van der Waals surface area contributed by atoms with Gasteiger partial charge in [-0.25, -0.2) is 9.97 Å². The molecule has 3 aromatic rings. The Morgan fingerprint density at radius 3 is 2.71 bits per heavy atom. The normalized spacial score (nSPS) is 22.2. The quantitative estimate of drug-likeness (QED) is 0.598. The fraction of sp³-hybridized carbons (Fsp3) is 0.455. The molecule has 0 radical (unpaired) electrons. The zero-order valence-electron chi connectivity index (χ0n) is 17.0. The average molecular weight is 448 g/mol. The minimum atomic E-state index is -4.22. The van der Waals surface area contributed by atoms with Crippen LogP contribution >= 0.6 is 11.3 Å². The molecule has 2 aliphatic heterocycles. The molecule has 31 heavy (non-hydrogen) atoms. The molecule has 0 bridgehead atoms. The highest BCUT2D eigenvalue weighted by Crippen LogP contribution is 2.43. The first-order valence-electron chi connectivity index (χ1n) is 10.4. The van der Waals surface area contributed by atoms with Crippen molar-refractivity contribution in [2.24, 2.45) is 5.41 Å². The van der Waals surface area contributed by atoms with Gasteiger partial charge in [-0.3, -0.25) is 4.90 Å². The van der Waals surface area contributed by atoms with Crippen LogP contribution in [0.3, 0.4) is 0 Å². The Hall–Kier alpha value is -2.39. The van der Waals surface area contributed by atoms with Crippen LogP contribution in [0.1, 0.15) is 23.3 Å². The molecule has 164 valence electrons. The number of alkyl halides is 3. The van der Waals surface area contributed by atoms with E-state index in [1.165, 1.54) is 6.33 Å². The summed E-state index contributed by atoms with van der Waals surface area (Å²) in [4.78, 5) is 14.3. The van der Waals surface area contributed by atoms with E-state index in [1.54, 1.807) is 6.07 Å². The molecule has 2 N–H and O–H groups in total. The first kappa shape index (κ1) is 20.5. The predicted molar refractivity (Wildman–Crippen MR) is 117 cm³/mol. The summed E-state index contributed by atoms with van der Waals surface area (Å²) in [5, 5.41) is 0.732. The average Bonchev–Trinajstić information content (AvgIpc) is 3.41. The highest BCUT2D eigenvalue weighted by molar-refractivity contribution is 7.18. The van der Waals surface area contributed by atoms with Crippen LogP contribution in [0.4, 0.5) is 24.7 Å². The number of nitrogens with zero attached hydrogens (tertiary/aromatic N) is 4. The van der Waals surface area contributed by atoms with E-state index in [0.717, 1.165) is 79.4 Å². The molecule has 1 atom stereocenters. The number of nitrogens with two attached hydrogens (primary N) is 1. The molecular weight excluding hydrogens is 423 g/mol. The second kappa shape index (κ2) is 7.63. The lowest BCUT2D eigenvalue weighted by atomic mass is 9.86. The lowest BCUT2D eigenvalue weighted by Crippen LogP contribution is -2.31. The number of fused-ring (bicyclic) bond motifs is 1. The molecule has 1 unspecified atom stereocenters. The van der Waals surface area contributed by atoms with Crippen LogP contribution in [0.25, 0.3) is 10.2 Å². The molecule has 2 saturated heterocycles. The maximum Gasteiger partial charge on any atom is 0.393 e. The van der Waals surface area contributed by atoms with Crippen molar-refractivity contribution in [3.8, 4) is 0 Å². The molecule has 2 fully saturated rings. The third-order valence-electron chi connectivity index (χ3n) is 6.44. The summed E-state index contributed by atoms with van der Waals surface area (Å²) in [7, 11) is 0. The van der Waals surface area contributed by atoms with Gasteiger partial charge in [0, 0.05) is 42.2 Å². The zero-order chi connectivity index (χ0) is 21.6. The molecule has 2 aliphatic rings. The Balaban J connectivity index is 1.32. The molecule has 9 heteroatoms. The summed E-state index contributed by atoms with van der Waals surface area (Å²) in [6, 6.07) is 9.60. The van der Waals surface area contributed by atoms with E-state index in [2.05, 4.69) is 25.8 Å². The van der Waals surface area contributed by atoms with Crippen LogP contribution in [0.5, 0.6) is 0 Å². The van der Waals surface area contributed by atoms with Gasteiger partial charge in [0.1, 0.15) is 17.0 Å². The van der Waals surface area contributed by atoms with Gasteiger partial charge in [0.2, 0.25) is 0 Å². The minimum absolute atomic E-state index is 0.186. The summed E-state index contributed by atoms with van der Waals surface area (Å²) in [5.41, 5.74) is 8.28. The number of hydrogen-bond donors (Lipinski definition) is 1. The van der Waals surface area contributed by atoms with Crippen LogP contribution in [-0.2, 0) is 13.0 Å². The van der Waals surface area contributed by atoms with E-state index in [1.807, 2.05) is 18.2 Å². The Labute approximate surface area is 182 Å². The lowest BCUT2D eigenvalue weighted by Gasteiger charge is -2.25. The number of likely N-dealkylation sites (tertiary alicyclic amines) is 1. The van der Waals surface area contributed by atoms with Gasteiger partial charge in [-0.15, -0.1) is 11.3 Å². The highest BCUT2D eigenvalue weighted by atomic mass is 32.1. The number of para-hydroxylation sites is 1. The van der Waals surface area contributed by atoms with Crippen molar-refractivity contribution in [3.63, 3.8) is 0 Å². The monoisotopic (exact) mass is 447 g/mol. The third-order valence-corrected chi connectivity index (χ3v) is 7.48. The standard InChI is InChI=1S/C22H24F3N5S/c23-22(24,25)10-16-9-17-19(27-14-28-20(17)31-16)30-8-6-21(13-30)5-7-29(12-21)11-15-3-1-2-4-18(15)26/h1-4,9,14H,5-8,10-13,26H2. The summed E-state index contributed by atoms with van der Waals surface area (Å²) >= 11 is 1.11. The maximum atomic E-state index is 12.8. The van der Waals surface area contributed by atoms with Crippen LogP contribution in [0.15, 0.2) is 36.7 Å². The van der Waals surface area contributed by atoms with Gasteiger partial charge in [0.05, 0.1) is 11.8 Å². The number of anilines is 2. The fourth-order valence-corrected chi connectivity index (χ4v) is 5.98. The molecule has 4 heterocycles. The Kier molecular flexibility index (Phi) is 5.05. The number of aromatic nitrogens is 2. The van der Waals surface area contributed by atoms with E-state index in [-0.39, 0.29) is 10.3 Å². The van der Waals surface area contributed by atoms with E-state index < -0.39 is 12.6 Å². The van der Waals surface area contributed by atoms with Crippen LogP contribution in [0, 0.1) is 5.41 Å². The van der Waals surface area contributed by atoms with Gasteiger partial charge in [-0.05, 0) is 37.1 Å². The fourth-order valence-electron chi connectivity index (χ4n) is 4.96. The maximum absolute atomic E-state index is 12.8. The minimum Gasteiger partial charge on any atom is -0.398 e. The van der Waals surface area contributed by atoms with Crippen molar-refractivity contribution < 1.29 is 13.2 Å². The summed E-state index contributed by atoms with van der Waals surface area (Å²) in [5.74, 6) is 0.761. The lowest BCUT2D eigenvalue weighted by molar-refractivity contribution is -0.126. The van der Waals surface area contributed by atoms with E-state index in [0.29, 0.717) is 4.83 Å². The van der Waals surface area contributed by atoms with Crippen molar-refractivity contribution in [1.82, 2.24) is 14.9 Å². The van der Waals surface area contributed by atoms with E-state index in [4.69, 9.17) is 5.73 Å². The second-order valence-corrected chi connectivity index (χ2v) is 9.87. The van der Waals surface area contributed by atoms with Gasteiger partial charge < -0.3 is 10.6 Å². The highest BCUT2D eigenvalue weighted by Gasteiger charge is 2.44.